The molecule has 2 aromatic heterocycles. The van der Waals surface area contributed by atoms with E-state index < -0.39 is 5.76 Å². The summed E-state index contributed by atoms with van der Waals surface area (Å²) in [5.74, 6) is -0.421. The normalized spacial score (nSPS) is 11.0. The molecule has 0 aliphatic rings. The van der Waals surface area contributed by atoms with Crippen molar-refractivity contribution < 1.29 is 4.42 Å². The van der Waals surface area contributed by atoms with Gasteiger partial charge in [-0.05, 0) is 45.8 Å². The highest BCUT2D eigenvalue weighted by molar-refractivity contribution is 9.10. The number of hydrogen-bond donors (Lipinski definition) is 1. The highest BCUT2D eigenvalue weighted by Gasteiger charge is 2.10. The van der Waals surface area contributed by atoms with Gasteiger partial charge in [-0.25, -0.2) is 9.78 Å². The summed E-state index contributed by atoms with van der Waals surface area (Å²) in [5, 5.41) is 0. The molecule has 6 heteroatoms. The van der Waals surface area contributed by atoms with E-state index in [0.717, 1.165) is 10.0 Å². The first-order valence-electron chi connectivity index (χ1n) is 5.63. The summed E-state index contributed by atoms with van der Waals surface area (Å²) in [4.78, 5) is 16.0. The third-order valence-corrected chi connectivity index (χ3v) is 3.55. The van der Waals surface area contributed by atoms with Crippen molar-refractivity contribution in [3.05, 3.63) is 57.1 Å². The van der Waals surface area contributed by atoms with Crippen molar-refractivity contribution in [1.82, 2.24) is 9.55 Å². The van der Waals surface area contributed by atoms with Gasteiger partial charge in [-0.1, -0.05) is 6.07 Å². The number of aromatic nitrogens is 2. The lowest BCUT2D eigenvalue weighted by atomic mass is 10.2. The van der Waals surface area contributed by atoms with Crippen molar-refractivity contribution in [1.29, 1.82) is 0 Å². The maximum atomic E-state index is 11.8. The second-order valence-corrected chi connectivity index (χ2v) is 4.99. The molecule has 1 aromatic carbocycles. The van der Waals surface area contributed by atoms with E-state index in [9.17, 15) is 4.79 Å². The van der Waals surface area contributed by atoms with Crippen molar-refractivity contribution >= 4 is 32.8 Å². The Kier molecular flexibility index (Phi) is 2.87. The Hall–Kier alpha value is -2.08. The molecule has 0 bridgehead atoms. The quantitative estimate of drug-likeness (QED) is 0.736. The van der Waals surface area contributed by atoms with E-state index in [1.807, 2.05) is 18.2 Å². The average Bonchev–Trinajstić information content (AvgIpc) is 2.71. The summed E-state index contributed by atoms with van der Waals surface area (Å²) in [6, 6.07) is 9.02. The predicted molar refractivity (Wildman–Crippen MR) is 75.9 cm³/mol. The third-order valence-electron chi connectivity index (χ3n) is 2.83. The zero-order chi connectivity index (χ0) is 13.4. The molecule has 3 rings (SSSR count). The van der Waals surface area contributed by atoms with E-state index in [1.165, 1.54) is 4.57 Å². The second-order valence-electron chi connectivity index (χ2n) is 4.14. The van der Waals surface area contributed by atoms with Gasteiger partial charge in [-0.2, -0.15) is 0 Å². The fourth-order valence-corrected chi connectivity index (χ4v) is 2.16. The molecule has 96 valence electrons. The molecular formula is C13H10BrN3O2. The first-order valence-corrected chi connectivity index (χ1v) is 6.43. The number of benzene rings is 1. The summed E-state index contributed by atoms with van der Waals surface area (Å²) in [7, 11) is 0. The van der Waals surface area contributed by atoms with Crippen LogP contribution in [0.5, 0.6) is 0 Å². The minimum absolute atomic E-state index is 0.375. The minimum Gasteiger partial charge on any atom is -0.406 e. The zero-order valence-corrected chi connectivity index (χ0v) is 11.4. The van der Waals surface area contributed by atoms with Gasteiger partial charge in [0.1, 0.15) is 0 Å². The fraction of sp³-hybridized carbons (Fsp3) is 0.0769. The summed E-state index contributed by atoms with van der Waals surface area (Å²) in [6.45, 7) is 0.375. The fourth-order valence-electron chi connectivity index (χ4n) is 1.91. The van der Waals surface area contributed by atoms with Gasteiger partial charge in [0.25, 0.3) is 0 Å². The number of hydrogen-bond acceptors (Lipinski definition) is 4. The van der Waals surface area contributed by atoms with E-state index >= 15 is 0 Å². The van der Waals surface area contributed by atoms with Crippen LogP contribution in [0.3, 0.4) is 0 Å². The molecule has 5 nitrogen and oxygen atoms in total. The molecule has 0 saturated heterocycles. The number of anilines is 1. The number of halogens is 1. The molecule has 2 N–H and O–H groups in total. The van der Waals surface area contributed by atoms with Crippen LogP contribution in [-0.4, -0.2) is 9.55 Å². The molecule has 0 unspecified atom stereocenters. The van der Waals surface area contributed by atoms with E-state index in [1.54, 1.807) is 18.3 Å². The molecule has 19 heavy (non-hydrogen) atoms. The van der Waals surface area contributed by atoms with Crippen LogP contribution in [0.2, 0.25) is 0 Å². The van der Waals surface area contributed by atoms with E-state index in [0.29, 0.717) is 23.5 Å². The standard InChI is InChI=1S/C13H10BrN3O2/c14-9-4-3-8(6-10(9)15)7-17-12-11(19-13(17)18)2-1-5-16-12/h1-6H,7,15H2. The molecule has 0 atom stereocenters. The minimum atomic E-state index is -0.421. The Morgan fingerprint density at radius 2 is 2.21 bits per heavy atom. The van der Waals surface area contributed by atoms with Gasteiger partial charge in [0, 0.05) is 16.4 Å². The molecule has 0 saturated carbocycles. The Morgan fingerprint density at radius 1 is 1.37 bits per heavy atom. The van der Waals surface area contributed by atoms with Gasteiger partial charge < -0.3 is 10.2 Å². The molecular weight excluding hydrogens is 310 g/mol. The first-order chi connectivity index (χ1) is 9.15. The van der Waals surface area contributed by atoms with Crippen molar-refractivity contribution in [3.8, 4) is 0 Å². The van der Waals surface area contributed by atoms with Gasteiger partial charge in [-0.15, -0.1) is 0 Å². The van der Waals surface area contributed by atoms with Crippen LogP contribution in [0.4, 0.5) is 5.69 Å². The molecule has 0 radical (unpaired) electrons. The molecule has 0 spiro atoms. The largest absolute Gasteiger partial charge is 0.421 e. The number of nitrogens with zero attached hydrogens (tertiary/aromatic N) is 2. The summed E-state index contributed by atoms with van der Waals surface area (Å²) < 4.78 is 7.45. The first kappa shape index (κ1) is 12.0. The SMILES string of the molecule is Nc1cc(Cn2c(=O)oc3cccnc32)ccc1Br. The Balaban J connectivity index is 2.08. The number of pyridine rings is 1. The topological polar surface area (TPSA) is 74.0 Å². The summed E-state index contributed by atoms with van der Waals surface area (Å²) in [6.07, 6.45) is 1.63. The smallest absolute Gasteiger partial charge is 0.406 e. The summed E-state index contributed by atoms with van der Waals surface area (Å²) >= 11 is 3.34. The average molecular weight is 320 g/mol. The lowest BCUT2D eigenvalue weighted by Crippen LogP contribution is -2.15. The Labute approximate surface area is 116 Å². The van der Waals surface area contributed by atoms with Gasteiger partial charge >= 0.3 is 5.76 Å². The van der Waals surface area contributed by atoms with Crippen LogP contribution >= 0.6 is 15.9 Å². The van der Waals surface area contributed by atoms with Crippen LogP contribution in [0.25, 0.3) is 11.2 Å². The molecule has 0 fully saturated rings. The van der Waals surface area contributed by atoms with Gasteiger partial charge in [0.15, 0.2) is 11.2 Å². The van der Waals surface area contributed by atoms with Crippen LogP contribution in [0.1, 0.15) is 5.56 Å². The molecule has 3 aromatic rings. The number of oxazole rings is 1. The van der Waals surface area contributed by atoms with Crippen LogP contribution < -0.4 is 11.5 Å². The molecule has 0 aliphatic carbocycles. The lowest BCUT2D eigenvalue weighted by molar-refractivity contribution is 0.517. The van der Waals surface area contributed by atoms with Crippen molar-refractivity contribution in [2.45, 2.75) is 6.54 Å². The Bertz CT molecular complexity index is 807. The van der Waals surface area contributed by atoms with Crippen LogP contribution in [0, 0.1) is 0 Å². The predicted octanol–water partition coefficient (Wildman–Crippen LogP) is 2.38. The molecule has 0 amide bonds. The van der Waals surface area contributed by atoms with E-state index in [-0.39, 0.29) is 0 Å². The maximum Gasteiger partial charge on any atom is 0.421 e. The molecule has 2 heterocycles. The number of nitrogen functional groups attached to an aromatic ring is 1. The van der Waals surface area contributed by atoms with Gasteiger partial charge in [0.2, 0.25) is 0 Å². The number of nitrogens with two attached hydrogens (primary N) is 1. The van der Waals surface area contributed by atoms with Crippen molar-refractivity contribution in [2.75, 3.05) is 5.73 Å². The Morgan fingerprint density at radius 3 is 3.00 bits per heavy atom. The highest BCUT2D eigenvalue weighted by atomic mass is 79.9. The highest BCUT2D eigenvalue weighted by Crippen LogP contribution is 2.21. The summed E-state index contributed by atoms with van der Waals surface area (Å²) in [5.41, 5.74) is 8.39. The van der Waals surface area contributed by atoms with Gasteiger partial charge in [-0.3, -0.25) is 4.57 Å². The molecule has 0 aliphatic heterocycles. The monoisotopic (exact) mass is 319 g/mol. The van der Waals surface area contributed by atoms with Crippen LogP contribution in [0.15, 0.2) is 50.2 Å². The maximum absolute atomic E-state index is 11.8. The van der Waals surface area contributed by atoms with Crippen LogP contribution in [-0.2, 0) is 6.54 Å². The second kappa shape index (κ2) is 4.55. The van der Waals surface area contributed by atoms with Crippen molar-refractivity contribution in [3.63, 3.8) is 0 Å². The van der Waals surface area contributed by atoms with E-state index in [2.05, 4.69) is 20.9 Å². The van der Waals surface area contributed by atoms with Crippen molar-refractivity contribution in [2.24, 2.45) is 0 Å². The van der Waals surface area contributed by atoms with Gasteiger partial charge in [0.05, 0.1) is 6.54 Å². The number of fused-ring (bicyclic) bond motifs is 1. The lowest BCUT2D eigenvalue weighted by Gasteiger charge is -2.04. The third kappa shape index (κ3) is 2.15. The van der Waals surface area contributed by atoms with E-state index in [4.69, 9.17) is 10.2 Å². The number of rotatable bonds is 2. The zero-order valence-electron chi connectivity index (χ0n) is 9.84.